The lowest BCUT2D eigenvalue weighted by Crippen LogP contribution is -2.28. The monoisotopic (exact) mass is 1060 g/mol. The Kier molecular flexibility index (Phi) is 13.8. The summed E-state index contributed by atoms with van der Waals surface area (Å²) in [6.07, 6.45) is 36.9. The van der Waals surface area contributed by atoms with E-state index in [1.165, 1.54) is 111 Å². The molecular weight excluding hydrogens is 997 g/mol. The van der Waals surface area contributed by atoms with Crippen molar-refractivity contribution in [3.05, 3.63) is 379 Å². The Labute approximate surface area is 490 Å². The maximum atomic E-state index is 3.48. The second kappa shape index (κ2) is 22.3. The lowest BCUT2D eigenvalue weighted by atomic mass is 9.67. The molecule has 0 saturated heterocycles. The summed E-state index contributed by atoms with van der Waals surface area (Å²) in [5.41, 5.74) is 35.9. The molecule has 83 heavy (non-hydrogen) atoms. The van der Waals surface area contributed by atoms with Crippen LogP contribution in [0.5, 0.6) is 0 Å². The molecule has 1 spiro atoms. The third-order valence-electron chi connectivity index (χ3n) is 17.6. The summed E-state index contributed by atoms with van der Waals surface area (Å²) in [5, 5.41) is 0. The van der Waals surface area contributed by atoms with E-state index in [0.717, 1.165) is 48.0 Å². The van der Waals surface area contributed by atoms with Crippen LogP contribution in [-0.2, 0) is 5.41 Å². The highest BCUT2D eigenvalue weighted by Gasteiger charge is 2.53. The molecule has 396 valence electrons. The Balaban J connectivity index is 1.07. The molecule has 6 aliphatic carbocycles. The first kappa shape index (κ1) is 51.4. The molecule has 8 aromatic rings. The zero-order valence-electron chi connectivity index (χ0n) is 47.2. The van der Waals surface area contributed by atoms with Crippen molar-refractivity contribution >= 4 is 46.1 Å². The Bertz CT molecular complexity index is 4310. The summed E-state index contributed by atoms with van der Waals surface area (Å²) < 4.78 is 0. The van der Waals surface area contributed by atoms with Crippen LogP contribution in [0, 0.1) is 11.8 Å². The van der Waals surface area contributed by atoms with Crippen molar-refractivity contribution in [2.24, 2.45) is 11.8 Å². The molecule has 6 aliphatic rings. The van der Waals surface area contributed by atoms with Crippen LogP contribution in [0.15, 0.2) is 312 Å². The van der Waals surface area contributed by atoms with E-state index in [2.05, 4.69) is 311 Å². The molecule has 0 heterocycles. The highest BCUT2D eigenvalue weighted by atomic mass is 14.5. The largest absolute Gasteiger partial charge is 0.0836 e. The molecule has 0 aliphatic heterocycles. The molecule has 3 atom stereocenters. The van der Waals surface area contributed by atoms with Crippen molar-refractivity contribution in [1.29, 1.82) is 0 Å². The fourth-order valence-electron chi connectivity index (χ4n) is 13.6. The SMILES string of the molecule is CC1C=C(/C(=C/C2=CC3=C(CC2C)c2ccc(/C=C(/C4=CCCC=C4)c4ccccc4)cc2C32c3cc(C=C(c4ccccc4)c4ccccc4)ccc3-c3ccc(/C=C(\C4=C=C=CC=C4)c4ccccc4)cc32)c2ccccc2)C=CC1. The number of hydrogen-bond acceptors (Lipinski definition) is 0. The minimum Gasteiger partial charge on any atom is -0.0836 e. The third kappa shape index (κ3) is 9.73. The van der Waals surface area contributed by atoms with Crippen LogP contribution in [0.4, 0.5) is 0 Å². The van der Waals surface area contributed by atoms with Crippen molar-refractivity contribution in [1.82, 2.24) is 0 Å². The van der Waals surface area contributed by atoms with Crippen molar-refractivity contribution in [3.63, 3.8) is 0 Å². The van der Waals surface area contributed by atoms with Gasteiger partial charge in [-0.15, -0.1) is 0 Å². The first-order valence-corrected chi connectivity index (χ1v) is 29.6. The zero-order valence-corrected chi connectivity index (χ0v) is 47.2. The van der Waals surface area contributed by atoms with E-state index in [1.807, 2.05) is 6.08 Å². The Hall–Kier alpha value is -9.80. The van der Waals surface area contributed by atoms with Crippen LogP contribution in [0.25, 0.3) is 57.2 Å². The normalized spacial score (nSPS) is 19.4. The van der Waals surface area contributed by atoms with Gasteiger partial charge in [-0.1, -0.05) is 268 Å². The first-order valence-electron chi connectivity index (χ1n) is 29.6. The van der Waals surface area contributed by atoms with Crippen LogP contribution in [0.2, 0.25) is 0 Å². The minimum atomic E-state index is -0.687. The summed E-state index contributed by atoms with van der Waals surface area (Å²) in [6.45, 7) is 4.78. The second-order valence-electron chi connectivity index (χ2n) is 23.0. The maximum Gasteiger partial charge on any atom is 0.0723 e. The van der Waals surface area contributed by atoms with E-state index in [1.54, 1.807) is 0 Å². The highest BCUT2D eigenvalue weighted by Crippen LogP contribution is 2.65. The van der Waals surface area contributed by atoms with Gasteiger partial charge in [0.1, 0.15) is 0 Å². The molecule has 0 amide bonds. The number of hydrogen-bond donors (Lipinski definition) is 0. The van der Waals surface area contributed by atoms with E-state index >= 15 is 0 Å². The summed E-state index contributed by atoms with van der Waals surface area (Å²) >= 11 is 0. The van der Waals surface area contributed by atoms with E-state index in [4.69, 9.17) is 0 Å². The number of rotatable bonds is 12. The molecule has 0 saturated carbocycles. The standard InChI is InChI=1S/C83H64/c1-57-25-24-40-69(47-57)77(68-38-22-9-23-39-68)55-70-56-82-78(48-58(70)2)73-46-43-61(51-76(66-34-18-7-19-35-66)67-36-20-8-21-37-67)54-81(73)83(82)79-52-59(49-74(62-26-10-3-11-27-62)63-28-12-4-13-29-63)41-44-71(79)72-45-42-60(53-80(72)83)50-75(64-30-14-5-15-31-64)65-32-16-6-17-33-65/h3-7,9-16,18-20,22-24,26-32,34-47,49-58H,8,21,25,48H2,1-2H3/b75-50-,76-51+,77-55+. The second-order valence-corrected chi connectivity index (χ2v) is 23.0. The molecule has 0 bridgehead atoms. The summed E-state index contributed by atoms with van der Waals surface area (Å²) in [5.74, 6) is 0.714. The van der Waals surface area contributed by atoms with Gasteiger partial charge in [0, 0.05) is 5.57 Å². The van der Waals surface area contributed by atoms with Gasteiger partial charge < -0.3 is 0 Å². The molecule has 14 rings (SSSR count). The number of benzene rings is 8. The topological polar surface area (TPSA) is 0 Å². The third-order valence-corrected chi connectivity index (χ3v) is 17.6. The quantitative estimate of drug-likeness (QED) is 0.0845. The predicted octanol–water partition coefficient (Wildman–Crippen LogP) is 21.1. The molecule has 0 fully saturated rings. The fourth-order valence-corrected chi connectivity index (χ4v) is 13.6. The molecule has 0 N–H and O–H groups in total. The number of allylic oxidation sites excluding steroid dienone is 20. The van der Waals surface area contributed by atoms with Crippen LogP contribution in [0.1, 0.15) is 106 Å². The molecule has 8 aromatic carbocycles. The fraction of sp³-hybridized carbons (Fsp3) is 0.108. The molecule has 0 aromatic heterocycles. The van der Waals surface area contributed by atoms with Crippen LogP contribution >= 0.6 is 0 Å². The smallest absolute Gasteiger partial charge is 0.0723 e. The van der Waals surface area contributed by atoms with Gasteiger partial charge in [-0.3, -0.25) is 0 Å². The van der Waals surface area contributed by atoms with Gasteiger partial charge in [0.25, 0.3) is 0 Å². The Morgan fingerprint density at radius 2 is 0.952 bits per heavy atom. The van der Waals surface area contributed by atoms with E-state index < -0.39 is 5.41 Å². The van der Waals surface area contributed by atoms with Gasteiger partial charge in [0.05, 0.1) is 5.41 Å². The Morgan fingerprint density at radius 3 is 1.47 bits per heavy atom. The van der Waals surface area contributed by atoms with E-state index in [0.29, 0.717) is 5.92 Å². The van der Waals surface area contributed by atoms with Crippen molar-refractivity contribution in [2.75, 3.05) is 0 Å². The average Bonchev–Trinajstić information content (AvgIpc) is 2.25. The van der Waals surface area contributed by atoms with E-state index in [-0.39, 0.29) is 5.92 Å². The van der Waals surface area contributed by atoms with Gasteiger partial charge >= 0.3 is 0 Å². The first-order chi connectivity index (χ1) is 41.0. The van der Waals surface area contributed by atoms with Gasteiger partial charge in [-0.25, -0.2) is 0 Å². The molecular formula is C83H64. The van der Waals surface area contributed by atoms with Gasteiger partial charge in [0.2, 0.25) is 0 Å². The van der Waals surface area contributed by atoms with Gasteiger partial charge in [0.15, 0.2) is 0 Å². The minimum absolute atomic E-state index is 0.255. The molecule has 0 heteroatoms. The van der Waals surface area contributed by atoms with Crippen molar-refractivity contribution in [3.8, 4) is 11.1 Å². The average molecular weight is 1060 g/mol. The lowest BCUT2D eigenvalue weighted by Gasteiger charge is -2.34. The zero-order chi connectivity index (χ0) is 55.7. The predicted molar refractivity (Wildman–Crippen MR) is 352 cm³/mol. The molecule has 0 nitrogen and oxygen atoms in total. The summed E-state index contributed by atoms with van der Waals surface area (Å²) in [4.78, 5) is 0. The van der Waals surface area contributed by atoms with Crippen LogP contribution < -0.4 is 0 Å². The van der Waals surface area contributed by atoms with Gasteiger partial charge in [-0.2, -0.15) is 0 Å². The highest BCUT2D eigenvalue weighted by molar-refractivity contribution is 6.01. The van der Waals surface area contributed by atoms with E-state index in [9.17, 15) is 0 Å². The summed E-state index contributed by atoms with van der Waals surface area (Å²) in [7, 11) is 0. The maximum absolute atomic E-state index is 3.48. The number of fused-ring (bicyclic) bond motifs is 9. The molecule has 3 unspecified atom stereocenters. The molecule has 0 radical (unpaired) electrons. The Morgan fingerprint density at radius 1 is 0.470 bits per heavy atom. The van der Waals surface area contributed by atoms with Crippen LogP contribution in [0.3, 0.4) is 0 Å². The van der Waals surface area contributed by atoms with Crippen molar-refractivity contribution < 1.29 is 0 Å². The lowest BCUT2D eigenvalue weighted by molar-refractivity contribution is 0.697. The summed E-state index contributed by atoms with van der Waals surface area (Å²) in [6, 6.07) is 76.6. The van der Waals surface area contributed by atoms with Crippen molar-refractivity contribution in [2.45, 2.75) is 44.9 Å². The van der Waals surface area contributed by atoms with Crippen LogP contribution in [-0.4, -0.2) is 0 Å². The van der Waals surface area contributed by atoms with Gasteiger partial charge in [-0.05, 0) is 214 Å².